The number of esters is 3. The molecular formula is C65H118O6. The Bertz CT molecular complexity index is 1230. The molecule has 0 amide bonds. The average molecular weight is 996 g/mol. The van der Waals surface area contributed by atoms with Gasteiger partial charge in [-0.05, 0) is 57.8 Å². The molecule has 0 rings (SSSR count). The van der Waals surface area contributed by atoms with E-state index in [4.69, 9.17) is 14.2 Å². The second kappa shape index (κ2) is 59.9. The molecule has 1 unspecified atom stereocenters. The van der Waals surface area contributed by atoms with Gasteiger partial charge in [-0.1, -0.05) is 301 Å². The van der Waals surface area contributed by atoms with Crippen LogP contribution in [0.15, 0.2) is 48.6 Å². The Morgan fingerprint density at radius 1 is 0.296 bits per heavy atom. The average Bonchev–Trinajstić information content (AvgIpc) is 3.37. The minimum absolute atomic E-state index is 0.0661. The van der Waals surface area contributed by atoms with Gasteiger partial charge in [-0.3, -0.25) is 14.4 Å². The van der Waals surface area contributed by atoms with E-state index in [0.717, 1.165) is 83.5 Å². The zero-order valence-corrected chi connectivity index (χ0v) is 47.5. The second-order valence-electron chi connectivity index (χ2n) is 21.0. The van der Waals surface area contributed by atoms with Gasteiger partial charge in [0.25, 0.3) is 0 Å². The summed E-state index contributed by atoms with van der Waals surface area (Å²) in [7, 11) is 0. The molecule has 0 bridgehead atoms. The van der Waals surface area contributed by atoms with E-state index in [-0.39, 0.29) is 31.1 Å². The van der Waals surface area contributed by atoms with Crippen LogP contribution in [0.5, 0.6) is 0 Å². The zero-order chi connectivity index (χ0) is 51.4. The maximum atomic E-state index is 12.8. The van der Waals surface area contributed by atoms with E-state index in [1.165, 1.54) is 205 Å². The molecule has 0 aromatic rings. The van der Waals surface area contributed by atoms with Gasteiger partial charge in [-0.2, -0.15) is 0 Å². The molecule has 6 nitrogen and oxygen atoms in total. The summed E-state index contributed by atoms with van der Waals surface area (Å²) in [5.41, 5.74) is 0. The summed E-state index contributed by atoms with van der Waals surface area (Å²) in [5, 5.41) is 0. The van der Waals surface area contributed by atoms with E-state index in [1.54, 1.807) is 0 Å². The summed E-state index contributed by atoms with van der Waals surface area (Å²) >= 11 is 0. The van der Waals surface area contributed by atoms with Crippen LogP contribution < -0.4 is 0 Å². The maximum Gasteiger partial charge on any atom is 0.306 e. The molecule has 0 spiro atoms. The molecular weight excluding hydrogens is 877 g/mol. The predicted octanol–water partition coefficient (Wildman–Crippen LogP) is 21.0. The molecule has 0 N–H and O–H groups in total. The van der Waals surface area contributed by atoms with Crippen molar-refractivity contribution in [3.8, 4) is 0 Å². The molecule has 0 heterocycles. The van der Waals surface area contributed by atoms with Crippen molar-refractivity contribution >= 4 is 17.9 Å². The highest BCUT2D eigenvalue weighted by atomic mass is 16.6. The summed E-state index contributed by atoms with van der Waals surface area (Å²) in [6.07, 6.45) is 74.2. The number of hydrogen-bond acceptors (Lipinski definition) is 6. The van der Waals surface area contributed by atoms with Gasteiger partial charge in [0.15, 0.2) is 6.10 Å². The molecule has 0 fully saturated rings. The topological polar surface area (TPSA) is 78.9 Å². The number of ether oxygens (including phenoxy) is 3. The molecule has 0 radical (unpaired) electrons. The van der Waals surface area contributed by atoms with Crippen molar-refractivity contribution in [3.05, 3.63) is 48.6 Å². The number of allylic oxidation sites excluding steroid dienone is 8. The fourth-order valence-corrected chi connectivity index (χ4v) is 9.20. The fourth-order valence-electron chi connectivity index (χ4n) is 9.20. The molecule has 0 aliphatic rings. The highest BCUT2D eigenvalue weighted by molar-refractivity contribution is 5.71. The molecule has 0 aliphatic carbocycles. The van der Waals surface area contributed by atoms with E-state index in [0.29, 0.717) is 19.3 Å². The Kier molecular flexibility index (Phi) is 57.7. The van der Waals surface area contributed by atoms with E-state index in [9.17, 15) is 14.4 Å². The Morgan fingerprint density at radius 2 is 0.549 bits per heavy atom. The van der Waals surface area contributed by atoms with Crippen molar-refractivity contribution < 1.29 is 28.6 Å². The minimum Gasteiger partial charge on any atom is -0.462 e. The first-order valence-corrected chi connectivity index (χ1v) is 31.1. The van der Waals surface area contributed by atoms with Gasteiger partial charge in [0.05, 0.1) is 0 Å². The van der Waals surface area contributed by atoms with Gasteiger partial charge in [0, 0.05) is 19.3 Å². The van der Waals surface area contributed by atoms with Crippen molar-refractivity contribution in [2.75, 3.05) is 13.2 Å². The Morgan fingerprint density at radius 3 is 0.859 bits per heavy atom. The standard InChI is InChI=1S/C65H118O6/c1-4-7-10-13-16-19-22-24-25-26-27-28-29-30-31-32-33-34-35-36-37-38-39-40-41-42-44-46-49-52-55-58-64(67)70-61-62(60-69-63(66)57-54-51-48-45-21-18-15-12-9-6-3)71-65(68)59-56-53-50-47-43-23-20-17-14-11-8-5-2/h7,10,16,19,24-25,27-28,62H,4-6,8-9,11-15,17-18,20-23,26,29-61H2,1-3H3/b10-7-,19-16-,25-24-,28-27-. The van der Waals surface area contributed by atoms with Gasteiger partial charge in [-0.15, -0.1) is 0 Å². The van der Waals surface area contributed by atoms with Crippen LogP contribution in [-0.4, -0.2) is 37.2 Å². The van der Waals surface area contributed by atoms with Crippen LogP contribution in [0.3, 0.4) is 0 Å². The molecule has 0 aliphatic heterocycles. The molecule has 0 aromatic heterocycles. The molecule has 6 heteroatoms. The SMILES string of the molecule is CC/C=C\C/C=C\C/C=C\C/C=C\CCCCCCCCCCCCCCCCCCCCC(=O)OCC(COC(=O)CCCCCCCCCCCC)OC(=O)CCCCCCCCCCCCCC. The van der Waals surface area contributed by atoms with Crippen molar-refractivity contribution in [3.63, 3.8) is 0 Å². The third-order valence-electron chi connectivity index (χ3n) is 13.8. The van der Waals surface area contributed by atoms with Gasteiger partial charge >= 0.3 is 17.9 Å². The van der Waals surface area contributed by atoms with Crippen LogP contribution in [0.4, 0.5) is 0 Å². The number of hydrogen-bond donors (Lipinski definition) is 0. The first-order chi connectivity index (χ1) is 35.0. The van der Waals surface area contributed by atoms with Crippen LogP contribution in [0, 0.1) is 0 Å². The lowest BCUT2D eigenvalue weighted by molar-refractivity contribution is -0.167. The van der Waals surface area contributed by atoms with Gasteiger partial charge in [-0.25, -0.2) is 0 Å². The smallest absolute Gasteiger partial charge is 0.306 e. The van der Waals surface area contributed by atoms with Gasteiger partial charge < -0.3 is 14.2 Å². The summed E-state index contributed by atoms with van der Waals surface area (Å²) in [4.78, 5) is 38.1. The summed E-state index contributed by atoms with van der Waals surface area (Å²) < 4.78 is 16.9. The zero-order valence-electron chi connectivity index (χ0n) is 47.5. The van der Waals surface area contributed by atoms with Crippen molar-refractivity contribution in [2.45, 2.75) is 335 Å². The molecule has 1 atom stereocenters. The van der Waals surface area contributed by atoms with Crippen molar-refractivity contribution in [1.82, 2.24) is 0 Å². The number of rotatable bonds is 57. The second-order valence-corrected chi connectivity index (χ2v) is 21.0. The summed E-state index contributed by atoms with van der Waals surface area (Å²) in [5.74, 6) is -0.848. The third kappa shape index (κ3) is 58.1. The molecule has 414 valence electrons. The van der Waals surface area contributed by atoms with Crippen LogP contribution in [0.1, 0.15) is 329 Å². The van der Waals surface area contributed by atoms with Crippen LogP contribution in [0.2, 0.25) is 0 Å². The largest absolute Gasteiger partial charge is 0.462 e. The number of unbranched alkanes of at least 4 members (excludes halogenated alkanes) is 38. The lowest BCUT2D eigenvalue weighted by atomic mass is 10.0. The Balaban J connectivity index is 4.04. The lowest BCUT2D eigenvalue weighted by Crippen LogP contribution is -2.30. The lowest BCUT2D eigenvalue weighted by Gasteiger charge is -2.18. The van der Waals surface area contributed by atoms with E-state index in [1.807, 2.05) is 0 Å². The normalized spacial score (nSPS) is 12.3. The molecule has 71 heavy (non-hydrogen) atoms. The third-order valence-corrected chi connectivity index (χ3v) is 13.8. The molecule has 0 saturated heterocycles. The minimum atomic E-state index is -0.765. The first kappa shape index (κ1) is 68.4. The summed E-state index contributed by atoms with van der Waals surface area (Å²) in [6, 6.07) is 0. The predicted molar refractivity (Wildman–Crippen MR) is 307 cm³/mol. The molecule has 0 saturated carbocycles. The summed E-state index contributed by atoms with van der Waals surface area (Å²) in [6.45, 7) is 6.55. The maximum absolute atomic E-state index is 12.8. The van der Waals surface area contributed by atoms with Gasteiger partial charge in [0.2, 0.25) is 0 Å². The van der Waals surface area contributed by atoms with Crippen LogP contribution in [-0.2, 0) is 28.6 Å². The van der Waals surface area contributed by atoms with E-state index in [2.05, 4.69) is 69.4 Å². The van der Waals surface area contributed by atoms with Crippen LogP contribution in [0.25, 0.3) is 0 Å². The van der Waals surface area contributed by atoms with Crippen molar-refractivity contribution in [2.24, 2.45) is 0 Å². The van der Waals surface area contributed by atoms with Gasteiger partial charge in [0.1, 0.15) is 13.2 Å². The quantitative estimate of drug-likeness (QED) is 0.0261. The first-order valence-electron chi connectivity index (χ1n) is 31.1. The molecule has 0 aromatic carbocycles. The highest BCUT2D eigenvalue weighted by Gasteiger charge is 2.19. The number of carbonyl (C=O) groups is 3. The fraction of sp³-hybridized carbons (Fsp3) is 0.831. The Labute approximate surface area is 441 Å². The monoisotopic (exact) mass is 995 g/mol. The highest BCUT2D eigenvalue weighted by Crippen LogP contribution is 2.17. The Hall–Kier alpha value is -2.63. The van der Waals surface area contributed by atoms with Crippen LogP contribution >= 0.6 is 0 Å². The van der Waals surface area contributed by atoms with E-state index < -0.39 is 6.10 Å². The number of carbonyl (C=O) groups excluding carboxylic acids is 3. The van der Waals surface area contributed by atoms with Crippen molar-refractivity contribution in [1.29, 1.82) is 0 Å². The van der Waals surface area contributed by atoms with E-state index >= 15 is 0 Å².